The highest BCUT2D eigenvalue weighted by atomic mass is 35.5. The molecule has 22 heavy (non-hydrogen) atoms. The lowest BCUT2D eigenvalue weighted by Crippen LogP contribution is -2.57. The summed E-state index contributed by atoms with van der Waals surface area (Å²) >= 11 is 11.6. The van der Waals surface area contributed by atoms with Crippen LogP contribution in [0.15, 0.2) is 0 Å². The number of carbonyl (C=O) groups is 2. The normalized spacial score (nSPS) is 20.9. The van der Waals surface area contributed by atoms with Gasteiger partial charge in [-0.2, -0.15) is 4.39 Å². The Morgan fingerprint density at radius 2 is 2.14 bits per heavy atom. The Kier molecular flexibility index (Phi) is 3.73. The first-order valence-corrected chi connectivity index (χ1v) is 7.12. The summed E-state index contributed by atoms with van der Waals surface area (Å²) in [5.74, 6) is -1.85. The van der Waals surface area contributed by atoms with Gasteiger partial charge in [0.2, 0.25) is 5.95 Å². The van der Waals surface area contributed by atoms with Gasteiger partial charge < -0.3 is 19.6 Å². The van der Waals surface area contributed by atoms with Crippen molar-refractivity contribution in [1.29, 1.82) is 0 Å². The molecule has 1 aromatic heterocycles. The van der Waals surface area contributed by atoms with Crippen LogP contribution < -0.4 is 4.74 Å². The molecule has 0 bridgehead atoms. The second-order valence-corrected chi connectivity index (χ2v) is 5.64. The van der Waals surface area contributed by atoms with Crippen LogP contribution in [0.2, 0.25) is 10.2 Å². The molecule has 2 aliphatic rings. The lowest BCUT2D eigenvalue weighted by atomic mass is 10.1. The van der Waals surface area contributed by atoms with Gasteiger partial charge in [0.15, 0.2) is 10.9 Å². The molecule has 1 atom stereocenters. The zero-order valence-corrected chi connectivity index (χ0v) is 12.6. The summed E-state index contributed by atoms with van der Waals surface area (Å²) in [5.41, 5.74) is -0.374. The van der Waals surface area contributed by atoms with E-state index in [-0.39, 0.29) is 47.7 Å². The van der Waals surface area contributed by atoms with Crippen molar-refractivity contribution in [3.8, 4) is 5.75 Å². The zero-order chi connectivity index (χ0) is 16.0. The third-order valence-corrected chi connectivity index (χ3v) is 4.38. The quantitative estimate of drug-likeness (QED) is 0.721. The molecule has 0 radical (unpaired) electrons. The van der Waals surface area contributed by atoms with E-state index in [4.69, 9.17) is 33.0 Å². The highest BCUT2D eigenvalue weighted by molar-refractivity contribution is 6.42. The van der Waals surface area contributed by atoms with Crippen LogP contribution in [0.5, 0.6) is 5.75 Å². The second-order valence-electron chi connectivity index (χ2n) is 4.90. The lowest BCUT2D eigenvalue weighted by molar-refractivity contribution is 0.0388. The standard InChI is InChI=1S/C12H10Cl2FN3O4/c13-7-8-6(10(15)16-9(7)14)11(19)18-2-1-17(12(20)21)3-5(18)4-22-8/h5H,1-4H2,(H,20,21)/t5-/m1/s1. The maximum atomic E-state index is 14.0. The molecular formula is C12H10Cl2FN3O4. The Labute approximate surface area is 134 Å². The maximum absolute atomic E-state index is 14.0. The fraction of sp³-hybridized carbons (Fsp3) is 0.417. The molecule has 10 heteroatoms. The summed E-state index contributed by atoms with van der Waals surface area (Å²) in [4.78, 5) is 29.5. The van der Waals surface area contributed by atoms with E-state index in [0.29, 0.717) is 0 Å². The number of ether oxygens (including phenoxy) is 1. The van der Waals surface area contributed by atoms with Gasteiger partial charge >= 0.3 is 6.09 Å². The Morgan fingerprint density at radius 1 is 1.41 bits per heavy atom. The summed E-state index contributed by atoms with van der Waals surface area (Å²) in [6.07, 6.45) is -1.08. The van der Waals surface area contributed by atoms with Crippen molar-refractivity contribution in [3.63, 3.8) is 0 Å². The number of pyridine rings is 1. The van der Waals surface area contributed by atoms with Crippen molar-refractivity contribution in [2.75, 3.05) is 26.2 Å². The average molecular weight is 350 g/mol. The highest BCUT2D eigenvalue weighted by Crippen LogP contribution is 2.38. The fourth-order valence-corrected chi connectivity index (χ4v) is 2.92. The van der Waals surface area contributed by atoms with Gasteiger partial charge in [-0.05, 0) is 0 Å². The highest BCUT2D eigenvalue weighted by Gasteiger charge is 2.39. The molecule has 1 N–H and O–H groups in total. The van der Waals surface area contributed by atoms with Crippen molar-refractivity contribution in [2.24, 2.45) is 0 Å². The smallest absolute Gasteiger partial charge is 0.407 e. The van der Waals surface area contributed by atoms with E-state index >= 15 is 0 Å². The van der Waals surface area contributed by atoms with Gasteiger partial charge in [-0.15, -0.1) is 0 Å². The number of hydrogen-bond acceptors (Lipinski definition) is 4. The minimum absolute atomic E-state index is 0.0119. The van der Waals surface area contributed by atoms with Gasteiger partial charge in [0.1, 0.15) is 17.2 Å². The molecule has 0 aliphatic carbocycles. The van der Waals surface area contributed by atoms with Gasteiger partial charge in [0, 0.05) is 19.6 Å². The number of nitrogens with zero attached hydrogens (tertiary/aromatic N) is 3. The minimum Gasteiger partial charge on any atom is -0.489 e. The summed E-state index contributed by atoms with van der Waals surface area (Å²) in [7, 11) is 0. The predicted molar refractivity (Wildman–Crippen MR) is 74.1 cm³/mol. The molecule has 118 valence electrons. The summed E-state index contributed by atoms with van der Waals surface area (Å²) < 4.78 is 19.5. The van der Waals surface area contributed by atoms with E-state index < -0.39 is 24.0 Å². The Balaban J connectivity index is 2.00. The van der Waals surface area contributed by atoms with E-state index in [2.05, 4.69) is 4.98 Å². The van der Waals surface area contributed by atoms with Crippen LogP contribution in [0.1, 0.15) is 10.4 Å². The van der Waals surface area contributed by atoms with Crippen molar-refractivity contribution in [2.45, 2.75) is 6.04 Å². The fourth-order valence-electron chi connectivity index (χ4n) is 2.57. The van der Waals surface area contributed by atoms with Gasteiger partial charge in [-0.3, -0.25) is 4.79 Å². The number of hydrogen-bond donors (Lipinski definition) is 1. The van der Waals surface area contributed by atoms with E-state index in [1.807, 2.05) is 0 Å². The van der Waals surface area contributed by atoms with E-state index in [1.54, 1.807) is 0 Å². The SMILES string of the molecule is O=C(O)N1CCN2C(=O)c3c(F)nc(Cl)c(Cl)c3OC[C@H]2C1. The summed E-state index contributed by atoms with van der Waals surface area (Å²) in [6, 6.07) is -0.529. The number of carbonyl (C=O) groups excluding carboxylic acids is 1. The molecule has 3 heterocycles. The van der Waals surface area contributed by atoms with Gasteiger partial charge in [-0.25, -0.2) is 9.78 Å². The molecule has 1 aromatic rings. The third-order valence-electron chi connectivity index (χ3n) is 3.66. The first kappa shape index (κ1) is 15.1. The number of aromatic nitrogens is 1. The Morgan fingerprint density at radius 3 is 2.82 bits per heavy atom. The van der Waals surface area contributed by atoms with Crippen LogP contribution in [0.4, 0.5) is 9.18 Å². The van der Waals surface area contributed by atoms with Crippen LogP contribution >= 0.6 is 23.2 Å². The van der Waals surface area contributed by atoms with Crippen LogP contribution in [-0.4, -0.2) is 64.2 Å². The van der Waals surface area contributed by atoms with Crippen LogP contribution in [-0.2, 0) is 0 Å². The third kappa shape index (κ3) is 2.32. The van der Waals surface area contributed by atoms with Crippen molar-refractivity contribution < 1.29 is 23.8 Å². The maximum Gasteiger partial charge on any atom is 0.407 e. The Hall–Kier alpha value is -1.80. The molecular weight excluding hydrogens is 340 g/mol. The molecule has 3 rings (SSSR count). The topological polar surface area (TPSA) is 83.0 Å². The summed E-state index contributed by atoms with van der Waals surface area (Å²) in [6.45, 7) is 0.346. The number of piperazine rings is 1. The van der Waals surface area contributed by atoms with Crippen LogP contribution in [0, 0.1) is 5.95 Å². The van der Waals surface area contributed by atoms with Gasteiger partial charge in [-0.1, -0.05) is 23.2 Å². The van der Waals surface area contributed by atoms with Gasteiger partial charge in [0.25, 0.3) is 5.91 Å². The molecule has 1 fully saturated rings. The first-order valence-electron chi connectivity index (χ1n) is 6.36. The first-order chi connectivity index (χ1) is 10.4. The number of halogens is 3. The number of rotatable bonds is 0. The number of carboxylic acid groups (broad SMARTS) is 1. The molecule has 1 saturated heterocycles. The van der Waals surface area contributed by atoms with Crippen molar-refractivity contribution >= 4 is 35.2 Å². The van der Waals surface area contributed by atoms with Crippen molar-refractivity contribution in [1.82, 2.24) is 14.8 Å². The molecule has 0 spiro atoms. The minimum atomic E-state index is -1.08. The monoisotopic (exact) mass is 349 g/mol. The van der Waals surface area contributed by atoms with Crippen molar-refractivity contribution in [3.05, 3.63) is 21.7 Å². The number of fused-ring (bicyclic) bond motifs is 2. The zero-order valence-electron chi connectivity index (χ0n) is 11.1. The average Bonchev–Trinajstić information content (AvgIpc) is 2.62. The molecule has 0 unspecified atom stereocenters. The Bertz CT molecular complexity index is 672. The molecule has 0 saturated carbocycles. The lowest BCUT2D eigenvalue weighted by Gasteiger charge is -2.38. The van der Waals surface area contributed by atoms with Gasteiger partial charge in [0.05, 0.1) is 6.04 Å². The predicted octanol–water partition coefficient (Wildman–Crippen LogP) is 1.72. The van der Waals surface area contributed by atoms with E-state index in [0.717, 1.165) is 0 Å². The van der Waals surface area contributed by atoms with E-state index in [9.17, 15) is 14.0 Å². The molecule has 2 aliphatic heterocycles. The second kappa shape index (κ2) is 5.44. The molecule has 2 amide bonds. The largest absolute Gasteiger partial charge is 0.489 e. The van der Waals surface area contributed by atoms with Crippen LogP contribution in [0.25, 0.3) is 0 Å². The van der Waals surface area contributed by atoms with Crippen LogP contribution in [0.3, 0.4) is 0 Å². The molecule has 0 aromatic carbocycles. The molecule has 7 nitrogen and oxygen atoms in total. The number of amides is 2. The summed E-state index contributed by atoms with van der Waals surface area (Å²) in [5, 5.41) is 8.60. The van der Waals surface area contributed by atoms with E-state index in [1.165, 1.54) is 9.80 Å².